The molecule has 1 aliphatic rings. The van der Waals surface area contributed by atoms with Crippen LogP contribution in [0.25, 0.3) is 0 Å². The van der Waals surface area contributed by atoms with E-state index in [0.717, 1.165) is 0 Å². The summed E-state index contributed by atoms with van der Waals surface area (Å²) in [5.74, 6) is -0.0496. The highest BCUT2D eigenvalue weighted by molar-refractivity contribution is 7.53. The number of aromatic amines is 1. The van der Waals surface area contributed by atoms with Crippen molar-refractivity contribution in [3.8, 4) is 0 Å². The molecule has 0 aromatic carbocycles. The molecule has 2 rings (SSSR count). The number of aromatic nitrogens is 2. The standard InChI is InChI=1S/C11H15F2N4O4P/c12-11(13,22(19,20)21)4-2-1-3-7-8-6(5-15-7)9(18)17-10(14)16-8/h1-5H2,(H2,19,20,21)(H3,14,16,17,18). The van der Waals surface area contributed by atoms with Gasteiger partial charge in [0.15, 0.2) is 0 Å². The van der Waals surface area contributed by atoms with Crippen molar-refractivity contribution in [2.75, 3.05) is 5.73 Å². The number of hydrogen-bond donors (Lipinski definition) is 4. The Labute approximate surface area is 123 Å². The Morgan fingerprint density at radius 3 is 2.68 bits per heavy atom. The summed E-state index contributed by atoms with van der Waals surface area (Å²) in [6.45, 7) is 0.159. The highest BCUT2D eigenvalue weighted by atomic mass is 31.2. The molecule has 0 saturated carbocycles. The van der Waals surface area contributed by atoms with Crippen molar-refractivity contribution in [3.05, 3.63) is 21.6 Å². The number of unbranched alkanes of at least 4 members (excludes halogenated alkanes) is 1. The van der Waals surface area contributed by atoms with Crippen LogP contribution in [0.15, 0.2) is 9.79 Å². The number of hydrogen-bond acceptors (Lipinski definition) is 5. The second kappa shape index (κ2) is 5.86. The Bertz CT molecular complexity index is 713. The third-order valence-electron chi connectivity index (χ3n) is 3.30. The smallest absolute Gasteiger partial charge is 0.369 e. The van der Waals surface area contributed by atoms with E-state index in [9.17, 15) is 18.1 Å². The quantitative estimate of drug-likeness (QED) is 0.451. The molecule has 0 atom stereocenters. The SMILES string of the molecule is Nc1nc2c(c(=O)[nH]1)CN=C2CCCCC(F)(F)P(=O)(O)O. The van der Waals surface area contributed by atoms with Crippen molar-refractivity contribution >= 4 is 19.3 Å². The van der Waals surface area contributed by atoms with E-state index >= 15 is 0 Å². The third kappa shape index (κ3) is 3.40. The third-order valence-corrected chi connectivity index (χ3v) is 4.38. The highest BCUT2D eigenvalue weighted by Gasteiger charge is 2.47. The second-order valence-corrected chi connectivity index (χ2v) is 6.70. The molecule has 0 amide bonds. The maximum Gasteiger partial charge on any atom is 0.394 e. The van der Waals surface area contributed by atoms with Gasteiger partial charge >= 0.3 is 13.3 Å². The highest BCUT2D eigenvalue weighted by Crippen LogP contribution is 2.55. The van der Waals surface area contributed by atoms with Crippen LogP contribution in [0, 0.1) is 0 Å². The number of nitrogen functional groups attached to an aromatic ring is 1. The first-order valence-corrected chi connectivity index (χ1v) is 8.09. The molecule has 122 valence electrons. The van der Waals surface area contributed by atoms with Gasteiger partial charge in [-0.25, -0.2) is 4.98 Å². The molecule has 11 heteroatoms. The molecule has 0 fully saturated rings. The first-order valence-electron chi connectivity index (χ1n) is 6.47. The second-order valence-electron chi connectivity index (χ2n) is 4.96. The predicted octanol–water partition coefficient (Wildman–Crippen LogP) is 0.986. The molecular formula is C11H15F2N4O4P. The fourth-order valence-corrected chi connectivity index (χ4v) is 2.57. The van der Waals surface area contributed by atoms with Crippen molar-refractivity contribution in [1.29, 1.82) is 0 Å². The molecule has 5 N–H and O–H groups in total. The minimum Gasteiger partial charge on any atom is -0.369 e. The Morgan fingerprint density at radius 2 is 2.05 bits per heavy atom. The summed E-state index contributed by atoms with van der Waals surface area (Å²) in [6, 6.07) is 0. The van der Waals surface area contributed by atoms with Crippen molar-refractivity contribution in [2.24, 2.45) is 4.99 Å². The molecule has 0 unspecified atom stereocenters. The first kappa shape index (κ1) is 16.7. The Balaban J connectivity index is 1.94. The molecule has 8 nitrogen and oxygen atoms in total. The van der Waals surface area contributed by atoms with E-state index < -0.39 is 19.7 Å². The molecule has 2 heterocycles. The summed E-state index contributed by atoms with van der Waals surface area (Å²) in [5.41, 5.74) is 2.28. The number of nitrogens with two attached hydrogens (primary N) is 1. The van der Waals surface area contributed by atoms with Gasteiger partial charge in [0.2, 0.25) is 5.95 Å². The monoisotopic (exact) mass is 336 g/mol. The number of halogens is 2. The van der Waals surface area contributed by atoms with Gasteiger partial charge < -0.3 is 15.5 Å². The maximum atomic E-state index is 13.1. The van der Waals surface area contributed by atoms with E-state index in [2.05, 4.69) is 15.0 Å². The van der Waals surface area contributed by atoms with Crippen molar-refractivity contribution in [1.82, 2.24) is 9.97 Å². The average molecular weight is 336 g/mol. The lowest BCUT2D eigenvalue weighted by Crippen LogP contribution is -2.19. The predicted molar refractivity (Wildman–Crippen MR) is 75.0 cm³/mol. The fraction of sp³-hybridized carbons (Fsp3) is 0.545. The summed E-state index contributed by atoms with van der Waals surface area (Å²) in [5, 5.41) is 0. The minimum atomic E-state index is -5.44. The van der Waals surface area contributed by atoms with E-state index in [-0.39, 0.29) is 37.3 Å². The molecule has 0 radical (unpaired) electrons. The minimum absolute atomic E-state index is 0.0496. The number of aliphatic imine (C=N–C) groups is 1. The van der Waals surface area contributed by atoms with Gasteiger partial charge in [0, 0.05) is 6.42 Å². The van der Waals surface area contributed by atoms with Gasteiger partial charge in [0.05, 0.1) is 23.5 Å². The van der Waals surface area contributed by atoms with E-state index in [0.29, 0.717) is 17.0 Å². The van der Waals surface area contributed by atoms with Gasteiger partial charge in [-0.15, -0.1) is 0 Å². The van der Waals surface area contributed by atoms with Crippen molar-refractivity contribution in [3.63, 3.8) is 0 Å². The van der Waals surface area contributed by atoms with Crippen molar-refractivity contribution < 1.29 is 23.1 Å². The normalized spacial score (nSPS) is 14.8. The topological polar surface area (TPSA) is 142 Å². The number of nitrogens with zero attached hydrogens (tertiary/aromatic N) is 2. The molecule has 1 aromatic heterocycles. The van der Waals surface area contributed by atoms with E-state index in [1.807, 2.05) is 0 Å². The summed E-state index contributed by atoms with van der Waals surface area (Å²) in [6.07, 6.45) is -0.490. The Hall–Kier alpha value is -1.64. The van der Waals surface area contributed by atoms with Gasteiger partial charge in [-0.3, -0.25) is 19.3 Å². The number of rotatable bonds is 6. The van der Waals surface area contributed by atoms with Gasteiger partial charge in [-0.05, 0) is 19.3 Å². The van der Waals surface area contributed by atoms with Crippen LogP contribution in [0.4, 0.5) is 14.7 Å². The zero-order valence-electron chi connectivity index (χ0n) is 11.4. The molecule has 0 spiro atoms. The van der Waals surface area contributed by atoms with Gasteiger partial charge in [-0.2, -0.15) is 8.78 Å². The zero-order valence-corrected chi connectivity index (χ0v) is 12.3. The van der Waals surface area contributed by atoms with Crippen LogP contribution in [-0.4, -0.2) is 31.1 Å². The lowest BCUT2D eigenvalue weighted by molar-refractivity contribution is 0.0480. The molecular weight excluding hydrogens is 321 g/mol. The van der Waals surface area contributed by atoms with E-state index in [1.165, 1.54) is 0 Å². The van der Waals surface area contributed by atoms with E-state index in [1.54, 1.807) is 0 Å². The summed E-state index contributed by atoms with van der Waals surface area (Å²) in [7, 11) is -5.44. The maximum absolute atomic E-state index is 13.1. The summed E-state index contributed by atoms with van der Waals surface area (Å²) >= 11 is 0. The number of alkyl halides is 2. The van der Waals surface area contributed by atoms with Crippen molar-refractivity contribution in [2.45, 2.75) is 37.9 Å². The van der Waals surface area contributed by atoms with Gasteiger partial charge in [-0.1, -0.05) is 0 Å². The Kier molecular flexibility index (Phi) is 4.46. The summed E-state index contributed by atoms with van der Waals surface area (Å²) < 4.78 is 36.8. The Morgan fingerprint density at radius 1 is 1.36 bits per heavy atom. The summed E-state index contributed by atoms with van der Waals surface area (Å²) in [4.78, 5) is 39.1. The van der Waals surface area contributed by atoms with Gasteiger partial charge in [0.25, 0.3) is 5.56 Å². The fourth-order valence-electron chi connectivity index (χ4n) is 2.12. The van der Waals surface area contributed by atoms with Crippen LogP contribution in [0.1, 0.15) is 36.9 Å². The molecule has 22 heavy (non-hydrogen) atoms. The van der Waals surface area contributed by atoms with Crippen LogP contribution in [0.5, 0.6) is 0 Å². The first-order chi connectivity index (χ1) is 10.1. The van der Waals surface area contributed by atoms with Crippen LogP contribution >= 0.6 is 7.60 Å². The van der Waals surface area contributed by atoms with Crippen LogP contribution in [-0.2, 0) is 11.1 Å². The number of H-pyrrole nitrogens is 1. The molecule has 0 saturated heterocycles. The molecule has 1 aromatic rings. The largest absolute Gasteiger partial charge is 0.394 e. The van der Waals surface area contributed by atoms with Gasteiger partial charge in [0.1, 0.15) is 0 Å². The molecule has 1 aliphatic heterocycles. The van der Waals surface area contributed by atoms with Crippen LogP contribution < -0.4 is 11.3 Å². The number of nitrogens with one attached hydrogen (secondary N) is 1. The number of anilines is 1. The average Bonchev–Trinajstić information content (AvgIpc) is 2.76. The van der Waals surface area contributed by atoms with Crippen LogP contribution in [0.2, 0.25) is 0 Å². The molecule has 0 bridgehead atoms. The lowest BCUT2D eigenvalue weighted by Gasteiger charge is -2.17. The molecule has 0 aliphatic carbocycles. The number of fused-ring (bicyclic) bond motifs is 1. The van der Waals surface area contributed by atoms with Crippen LogP contribution in [0.3, 0.4) is 0 Å². The zero-order chi connectivity index (χ0) is 16.5. The van der Waals surface area contributed by atoms with E-state index in [4.69, 9.17) is 15.5 Å². The lowest BCUT2D eigenvalue weighted by atomic mass is 10.1.